The van der Waals surface area contributed by atoms with Gasteiger partial charge in [-0.25, -0.2) is 4.79 Å². The second kappa shape index (κ2) is 34.9. The Labute approximate surface area is 431 Å². The number of aliphatic hydroxyl groups excluding tert-OH is 1. The summed E-state index contributed by atoms with van der Waals surface area (Å²) < 4.78 is 0. The van der Waals surface area contributed by atoms with Gasteiger partial charge < -0.3 is 80.2 Å². The first kappa shape index (κ1) is 67.5. The van der Waals surface area contributed by atoms with Crippen LogP contribution in [0.3, 0.4) is 0 Å². The number of carboxylic acids is 3. The summed E-state index contributed by atoms with van der Waals surface area (Å²) in [6, 6.07) is -13.1. The fraction of sp³-hybridized carbons (Fsp3) is 0.745. The molecule has 0 aromatic carbocycles. The van der Waals surface area contributed by atoms with E-state index < -0.39 is 176 Å². The third-order valence-electron chi connectivity index (χ3n) is 11.2. The van der Waals surface area contributed by atoms with E-state index in [2.05, 4.69) is 42.5 Å². The maximum absolute atomic E-state index is 14.0. The van der Waals surface area contributed by atoms with Crippen molar-refractivity contribution in [3.8, 4) is 0 Å². The molecular weight excluding hydrogens is 975 g/mol. The lowest BCUT2D eigenvalue weighted by atomic mass is 9.98. The van der Waals surface area contributed by atoms with Gasteiger partial charge in [-0.2, -0.15) is 0 Å². The molecule has 9 amide bonds. The zero-order valence-electron chi connectivity index (χ0n) is 43.8. The van der Waals surface area contributed by atoms with Crippen molar-refractivity contribution >= 4 is 71.1 Å². The van der Waals surface area contributed by atoms with E-state index in [1.54, 1.807) is 55.4 Å². The summed E-state index contributed by atoms with van der Waals surface area (Å²) in [7, 11) is 0. The standard InChI is InChI=1S/C47H83N11O16/c1-23(2)19-31(54-39(65)27(49)11-9-10-18-48)43(69)52-30(14-17-37(63)64)42(68)58-38(26(7)8)46(72)55-32(20-24(3)4)44(70)51-29(13-16-36(61)62)41(67)57-34(22-59)45(71)53-28(12-15-35(50)60)40(66)56-33(47(73)74)21-25(5)6/h23-34,38,59H,9-22,48-49H2,1-8H3,(H2,50,60)(H,51,70)(H,52,69)(H,53,71)(H,54,65)(H,55,72)(H,56,66)(H,57,67)(H,58,68)(H,61,62)(H,63,64)(H,73,74)/t27-,28-,29-,30-,31-,32-,33-,34-,38-/m0/s1. The van der Waals surface area contributed by atoms with Crippen molar-refractivity contribution in [1.82, 2.24) is 42.5 Å². The molecule has 27 heteroatoms. The summed E-state index contributed by atoms with van der Waals surface area (Å²) in [4.78, 5) is 156. The molecule has 0 bridgehead atoms. The lowest BCUT2D eigenvalue weighted by Gasteiger charge is -2.29. The van der Waals surface area contributed by atoms with E-state index in [0.29, 0.717) is 25.8 Å². The van der Waals surface area contributed by atoms with Gasteiger partial charge in [0.2, 0.25) is 53.2 Å². The number of amides is 9. The quantitative estimate of drug-likeness (QED) is 0.0278. The third-order valence-corrected chi connectivity index (χ3v) is 11.2. The molecule has 0 aliphatic carbocycles. The van der Waals surface area contributed by atoms with E-state index in [1.165, 1.54) is 0 Å². The van der Waals surface area contributed by atoms with Crippen LogP contribution in [0.15, 0.2) is 0 Å². The molecule has 27 nitrogen and oxygen atoms in total. The molecule has 0 rings (SSSR count). The molecule has 0 fully saturated rings. The van der Waals surface area contributed by atoms with Crippen LogP contribution in [0.4, 0.5) is 0 Å². The number of nitrogens with two attached hydrogens (primary N) is 3. The summed E-state index contributed by atoms with van der Waals surface area (Å²) in [5.74, 6) is -14.1. The average molecular weight is 1060 g/mol. The van der Waals surface area contributed by atoms with Crippen molar-refractivity contribution in [2.24, 2.45) is 40.9 Å². The van der Waals surface area contributed by atoms with Gasteiger partial charge in [0.1, 0.15) is 48.3 Å². The van der Waals surface area contributed by atoms with Gasteiger partial charge in [-0.05, 0) is 81.6 Å². The minimum absolute atomic E-state index is 0.00143. The maximum Gasteiger partial charge on any atom is 0.326 e. The van der Waals surface area contributed by atoms with Crippen LogP contribution >= 0.6 is 0 Å². The van der Waals surface area contributed by atoms with Crippen molar-refractivity contribution in [2.75, 3.05) is 13.2 Å². The Balaban J connectivity index is 6.59. The van der Waals surface area contributed by atoms with Gasteiger partial charge in [-0.15, -0.1) is 0 Å². The summed E-state index contributed by atoms with van der Waals surface area (Å²) in [6.45, 7) is 12.7. The highest BCUT2D eigenvalue weighted by Gasteiger charge is 2.36. The first-order valence-corrected chi connectivity index (χ1v) is 24.9. The fourth-order valence-corrected chi connectivity index (χ4v) is 7.25. The normalized spacial score (nSPS) is 15.0. The highest BCUT2D eigenvalue weighted by Crippen LogP contribution is 2.13. The summed E-state index contributed by atoms with van der Waals surface area (Å²) in [5, 5.41) is 58.0. The van der Waals surface area contributed by atoms with Crippen LogP contribution in [-0.2, 0) is 57.5 Å². The molecule has 0 aromatic rings. The summed E-state index contributed by atoms with van der Waals surface area (Å²) in [6.07, 6.45) is -1.68. The van der Waals surface area contributed by atoms with E-state index >= 15 is 0 Å². The Hall–Kier alpha value is -6.48. The molecule has 0 spiro atoms. The maximum atomic E-state index is 14.0. The van der Waals surface area contributed by atoms with Gasteiger partial charge >= 0.3 is 17.9 Å². The van der Waals surface area contributed by atoms with Gasteiger partial charge in [0.05, 0.1) is 12.6 Å². The summed E-state index contributed by atoms with van der Waals surface area (Å²) >= 11 is 0. The smallest absolute Gasteiger partial charge is 0.326 e. The van der Waals surface area contributed by atoms with Crippen molar-refractivity contribution < 1.29 is 78.0 Å². The van der Waals surface area contributed by atoms with Gasteiger partial charge in [0, 0.05) is 19.3 Å². The fourth-order valence-electron chi connectivity index (χ4n) is 7.25. The van der Waals surface area contributed by atoms with Crippen molar-refractivity contribution in [3.63, 3.8) is 0 Å². The number of aliphatic hydroxyl groups is 1. The molecule has 74 heavy (non-hydrogen) atoms. The topological polar surface area (TPSA) is 460 Å². The first-order valence-electron chi connectivity index (χ1n) is 24.9. The molecule has 0 heterocycles. The number of hydrogen-bond acceptors (Lipinski definition) is 15. The number of primary amides is 1. The molecular formula is C47H83N11O16. The average Bonchev–Trinajstić information content (AvgIpc) is 3.29. The predicted molar refractivity (Wildman–Crippen MR) is 266 cm³/mol. The number of unbranched alkanes of at least 4 members (excludes halogenated alkanes) is 1. The predicted octanol–water partition coefficient (Wildman–Crippen LogP) is -2.81. The molecule has 0 aliphatic rings. The largest absolute Gasteiger partial charge is 0.481 e. The van der Waals surface area contributed by atoms with E-state index in [-0.39, 0.29) is 37.0 Å². The Bertz CT molecular complexity index is 1920. The van der Waals surface area contributed by atoms with Crippen LogP contribution in [0.2, 0.25) is 0 Å². The molecule has 0 saturated heterocycles. The van der Waals surface area contributed by atoms with Gasteiger partial charge in [-0.1, -0.05) is 61.8 Å². The molecule has 9 atom stereocenters. The number of carbonyl (C=O) groups is 12. The van der Waals surface area contributed by atoms with Crippen molar-refractivity contribution in [2.45, 2.75) is 187 Å². The number of carbonyl (C=O) groups excluding carboxylic acids is 9. The number of rotatable bonds is 38. The van der Waals surface area contributed by atoms with E-state index in [1.807, 2.05) is 0 Å². The number of hydrogen-bond donors (Lipinski definition) is 15. The molecule has 0 unspecified atom stereocenters. The molecule has 0 radical (unpaired) electrons. The second-order valence-corrected chi connectivity index (χ2v) is 19.8. The minimum Gasteiger partial charge on any atom is -0.481 e. The molecule has 422 valence electrons. The second-order valence-electron chi connectivity index (χ2n) is 19.8. The van der Waals surface area contributed by atoms with Crippen LogP contribution in [0, 0.1) is 23.7 Å². The Morgan fingerprint density at radius 3 is 1.12 bits per heavy atom. The van der Waals surface area contributed by atoms with Crippen LogP contribution in [0.5, 0.6) is 0 Å². The van der Waals surface area contributed by atoms with Crippen molar-refractivity contribution in [1.29, 1.82) is 0 Å². The van der Waals surface area contributed by atoms with Crippen LogP contribution in [0.25, 0.3) is 0 Å². The zero-order valence-corrected chi connectivity index (χ0v) is 43.8. The lowest BCUT2D eigenvalue weighted by Crippen LogP contribution is -2.61. The Morgan fingerprint density at radius 2 is 0.757 bits per heavy atom. The van der Waals surface area contributed by atoms with E-state index in [0.717, 1.165) is 0 Å². The molecule has 0 saturated carbocycles. The first-order chi connectivity index (χ1) is 34.4. The number of aliphatic carboxylic acids is 3. The molecule has 18 N–H and O–H groups in total. The minimum atomic E-state index is -1.86. The van der Waals surface area contributed by atoms with Gasteiger partial charge in [0.15, 0.2) is 0 Å². The van der Waals surface area contributed by atoms with Crippen LogP contribution in [-0.4, -0.2) is 159 Å². The van der Waals surface area contributed by atoms with Crippen molar-refractivity contribution in [3.05, 3.63) is 0 Å². The molecule has 0 aliphatic heterocycles. The number of carboxylic acid groups (broad SMARTS) is 3. The van der Waals surface area contributed by atoms with E-state index in [4.69, 9.17) is 17.2 Å². The van der Waals surface area contributed by atoms with Gasteiger partial charge in [-0.3, -0.25) is 52.7 Å². The van der Waals surface area contributed by atoms with Crippen LogP contribution in [0.1, 0.15) is 132 Å². The van der Waals surface area contributed by atoms with Crippen LogP contribution < -0.4 is 59.7 Å². The highest BCUT2D eigenvalue weighted by molar-refractivity contribution is 5.98. The molecule has 0 aromatic heterocycles. The highest BCUT2D eigenvalue weighted by atomic mass is 16.4. The lowest BCUT2D eigenvalue weighted by molar-refractivity contribution is -0.143. The Morgan fingerprint density at radius 1 is 0.419 bits per heavy atom. The van der Waals surface area contributed by atoms with E-state index in [9.17, 15) is 78.0 Å². The SMILES string of the molecule is CC(C)C[C@H](NC(=O)[C@H](CCC(N)=O)NC(=O)[C@H](CO)NC(=O)[C@H](CCC(=O)O)NC(=O)[C@H](CC(C)C)NC(=O)[C@@H](NC(=O)[C@H](CCC(=O)O)NC(=O)[C@H](CC(C)C)NC(=O)[C@@H](N)CCCCN)C(C)C)C(=O)O. The third kappa shape index (κ3) is 27.5. The zero-order chi connectivity index (χ0) is 57.0. The van der Waals surface area contributed by atoms with Gasteiger partial charge in [0.25, 0.3) is 0 Å². The summed E-state index contributed by atoms with van der Waals surface area (Å²) in [5.41, 5.74) is 16.8. The monoisotopic (exact) mass is 1060 g/mol. The number of nitrogens with one attached hydrogen (secondary N) is 8. The Kier molecular flexibility index (Phi) is 31.8.